The second-order valence-electron chi connectivity index (χ2n) is 7.81. The molecule has 2 aromatic rings. The molecule has 1 aromatic heterocycles. The zero-order valence-electron chi connectivity index (χ0n) is 16.2. The predicted molar refractivity (Wildman–Crippen MR) is 108 cm³/mol. The largest absolute Gasteiger partial charge is 0.326 e. The third-order valence-electron chi connectivity index (χ3n) is 5.45. The Balaban J connectivity index is 1.29. The average Bonchev–Trinajstić information content (AvgIpc) is 3.44. The lowest BCUT2D eigenvalue weighted by molar-refractivity contribution is -0.117. The van der Waals surface area contributed by atoms with E-state index in [4.69, 9.17) is 0 Å². The number of nitrogens with one attached hydrogen (secondary N) is 2. The van der Waals surface area contributed by atoms with Gasteiger partial charge in [-0.05, 0) is 43.4 Å². The van der Waals surface area contributed by atoms with E-state index in [-0.39, 0.29) is 17.7 Å². The number of anilines is 2. The van der Waals surface area contributed by atoms with Gasteiger partial charge in [-0.15, -0.1) is 0 Å². The molecule has 7 heteroatoms. The van der Waals surface area contributed by atoms with Crippen molar-refractivity contribution in [1.29, 1.82) is 0 Å². The Hall–Kier alpha value is -2.67. The molecule has 0 bridgehead atoms. The van der Waals surface area contributed by atoms with E-state index in [1.54, 1.807) is 6.20 Å². The number of likely N-dealkylation sites (tertiary alicyclic amines) is 1. The average molecular weight is 381 g/mol. The molecule has 148 valence electrons. The molecule has 1 saturated carbocycles. The molecule has 0 atom stereocenters. The number of rotatable bonds is 6. The summed E-state index contributed by atoms with van der Waals surface area (Å²) in [5, 5.41) is 10.3. The number of hydrogen-bond acceptors (Lipinski definition) is 4. The maximum Gasteiger partial charge on any atom is 0.228 e. The minimum Gasteiger partial charge on any atom is -0.326 e. The summed E-state index contributed by atoms with van der Waals surface area (Å²) in [6.07, 6.45) is 5.80. The summed E-state index contributed by atoms with van der Waals surface area (Å²) in [4.78, 5) is 25.6. The van der Waals surface area contributed by atoms with Crippen LogP contribution in [-0.4, -0.2) is 39.6 Å². The van der Waals surface area contributed by atoms with Gasteiger partial charge in [0.05, 0.1) is 12.2 Å². The van der Waals surface area contributed by atoms with E-state index in [9.17, 15) is 9.59 Å². The Bertz CT molecular complexity index is 833. The fourth-order valence-electron chi connectivity index (χ4n) is 3.76. The predicted octanol–water partition coefficient (Wildman–Crippen LogP) is 3.03. The van der Waals surface area contributed by atoms with Crippen LogP contribution in [0.4, 0.5) is 11.5 Å². The Morgan fingerprint density at radius 2 is 1.75 bits per heavy atom. The van der Waals surface area contributed by atoms with Crippen LogP contribution in [0.25, 0.3) is 0 Å². The Kier molecular flexibility index (Phi) is 5.43. The van der Waals surface area contributed by atoms with Gasteiger partial charge >= 0.3 is 0 Å². The van der Waals surface area contributed by atoms with E-state index in [2.05, 4.69) is 32.8 Å². The standard InChI is InChI=1S/C21H27N5O2/c1-15(27)23-18-6-2-16(3-7-18)14-25-12-9-19(10-13-25)26-20(8-11-22-26)24-21(28)17-4-5-17/h2-3,6-8,11,17,19H,4-5,9-10,12-14H2,1H3,(H,23,27)(H,24,28). The van der Waals surface area contributed by atoms with Gasteiger partial charge in [0.25, 0.3) is 0 Å². The van der Waals surface area contributed by atoms with Crippen molar-refractivity contribution in [2.45, 2.75) is 45.2 Å². The van der Waals surface area contributed by atoms with Crippen LogP contribution in [0.15, 0.2) is 36.5 Å². The first-order chi connectivity index (χ1) is 13.6. The molecule has 28 heavy (non-hydrogen) atoms. The van der Waals surface area contributed by atoms with Crippen molar-refractivity contribution in [2.75, 3.05) is 23.7 Å². The lowest BCUT2D eigenvalue weighted by atomic mass is 10.0. The number of nitrogens with zero attached hydrogens (tertiary/aromatic N) is 3. The maximum absolute atomic E-state index is 12.1. The number of aromatic nitrogens is 2. The zero-order valence-corrected chi connectivity index (χ0v) is 16.2. The van der Waals surface area contributed by atoms with Crippen LogP contribution in [0.2, 0.25) is 0 Å². The molecule has 2 aliphatic rings. The van der Waals surface area contributed by atoms with E-state index in [1.807, 2.05) is 22.9 Å². The van der Waals surface area contributed by atoms with Crippen molar-refractivity contribution in [3.05, 3.63) is 42.1 Å². The Morgan fingerprint density at radius 1 is 1.04 bits per heavy atom. The summed E-state index contributed by atoms with van der Waals surface area (Å²) in [6.45, 7) is 4.40. The summed E-state index contributed by atoms with van der Waals surface area (Å²) >= 11 is 0. The molecule has 1 aliphatic carbocycles. The molecule has 1 saturated heterocycles. The number of carbonyl (C=O) groups excluding carboxylic acids is 2. The van der Waals surface area contributed by atoms with Gasteiger partial charge in [-0.25, -0.2) is 4.68 Å². The summed E-state index contributed by atoms with van der Waals surface area (Å²) in [6, 6.07) is 10.2. The van der Waals surface area contributed by atoms with E-state index in [0.29, 0.717) is 6.04 Å². The van der Waals surface area contributed by atoms with E-state index in [0.717, 1.165) is 56.8 Å². The van der Waals surface area contributed by atoms with Gasteiger partial charge in [0.1, 0.15) is 5.82 Å². The quantitative estimate of drug-likeness (QED) is 0.806. The van der Waals surface area contributed by atoms with Crippen LogP contribution in [0.5, 0.6) is 0 Å². The van der Waals surface area contributed by atoms with Crippen LogP contribution in [-0.2, 0) is 16.1 Å². The highest BCUT2D eigenvalue weighted by Gasteiger charge is 2.31. The van der Waals surface area contributed by atoms with Crippen LogP contribution < -0.4 is 10.6 Å². The second-order valence-corrected chi connectivity index (χ2v) is 7.81. The van der Waals surface area contributed by atoms with Crippen LogP contribution in [0.3, 0.4) is 0 Å². The monoisotopic (exact) mass is 381 g/mol. The molecule has 2 amide bonds. The van der Waals surface area contributed by atoms with Crippen LogP contribution in [0, 0.1) is 5.92 Å². The third-order valence-corrected chi connectivity index (χ3v) is 5.45. The normalized spacial score (nSPS) is 18.0. The van der Waals surface area contributed by atoms with E-state index < -0.39 is 0 Å². The first-order valence-electron chi connectivity index (χ1n) is 10.0. The molecule has 2 fully saturated rings. The maximum atomic E-state index is 12.1. The van der Waals surface area contributed by atoms with Crippen molar-refractivity contribution < 1.29 is 9.59 Å². The van der Waals surface area contributed by atoms with Gasteiger partial charge in [0.2, 0.25) is 11.8 Å². The van der Waals surface area contributed by atoms with E-state index in [1.165, 1.54) is 12.5 Å². The van der Waals surface area contributed by atoms with Gasteiger partial charge in [-0.2, -0.15) is 5.10 Å². The SMILES string of the molecule is CC(=O)Nc1ccc(CN2CCC(n3nccc3NC(=O)C3CC3)CC2)cc1. The first-order valence-corrected chi connectivity index (χ1v) is 10.0. The molecule has 7 nitrogen and oxygen atoms in total. The molecule has 2 N–H and O–H groups in total. The fourth-order valence-corrected chi connectivity index (χ4v) is 3.76. The lowest BCUT2D eigenvalue weighted by Crippen LogP contribution is -2.35. The lowest BCUT2D eigenvalue weighted by Gasteiger charge is -2.32. The fraction of sp³-hybridized carbons (Fsp3) is 0.476. The third kappa shape index (κ3) is 4.59. The van der Waals surface area contributed by atoms with Crippen molar-refractivity contribution in [1.82, 2.24) is 14.7 Å². The molecule has 1 aromatic carbocycles. The number of hydrogen-bond donors (Lipinski definition) is 2. The highest BCUT2D eigenvalue weighted by atomic mass is 16.2. The summed E-state index contributed by atoms with van der Waals surface area (Å²) in [7, 11) is 0. The highest BCUT2D eigenvalue weighted by Crippen LogP contribution is 2.31. The molecule has 0 spiro atoms. The van der Waals surface area contributed by atoms with Crippen molar-refractivity contribution in [3.8, 4) is 0 Å². The zero-order chi connectivity index (χ0) is 19.5. The molecule has 2 heterocycles. The minimum atomic E-state index is -0.0545. The topological polar surface area (TPSA) is 79.3 Å². The molecule has 1 aliphatic heterocycles. The van der Waals surface area contributed by atoms with E-state index >= 15 is 0 Å². The Morgan fingerprint density at radius 3 is 2.39 bits per heavy atom. The number of piperidine rings is 1. The number of amides is 2. The molecular formula is C21H27N5O2. The first kappa shape index (κ1) is 18.7. The van der Waals surface area contributed by atoms with Crippen molar-refractivity contribution >= 4 is 23.3 Å². The number of benzene rings is 1. The van der Waals surface area contributed by atoms with Crippen molar-refractivity contribution in [2.24, 2.45) is 5.92 Å². The van der Waals surface area contributed by atoms with Gasteiger partial charge in [-0.1, -0.05) is 12.1 Å². The molecular weight excluding hydrogens is 354 g/mol. The molecule has 0 radical (unpaired) electrons. The Labute approximate surface area is 165 Å². The van der Waals surface area contributed by atoms with Gasteiger partial charge < -0.3 is 10.6 Å². The highest BCUT2D eigenvalue weighted by molar-refractivity contribution is 5.93. The smallest absolute Gasteiger partial charge is 0.228 e. The second kappa shape index (κ2) is 8.14. The number of carbonyl (C=O) groups is 2. The van der Waals surface area contributed by atoms with Gasteiger partial charge in [0, 0.05) is 44.2 Å². The molecule has 4 rings (SSSR count). The summed E-state index contributed by atoms with van der Waals surface area (Å²) in [5.41, 5.74) is 2.07. The van der Waals surface area contributed by atoms with Crippen molar-refractivity contribution in [3.63, 3.8) is 0 Å². The van der Waals surface area contributed by atoms with Gasteiger partial charge in [0.15, 0.2) is 0 Å². The minimum absolute atomic E-state index is 0.0545. The summed E-state index contributed by atoms with van der Waals surface area (Å²) in [5.74, 6) is 1.09. The van der Waals surface area contributed by atoms with Crippen LogP contribution >= 0.6 is 0 Å². The van der Waals surface area contributed by atoms with Crippen LogP contribution in [0.1, 0.15) is 44.2 Å². The summed E-state index contributed by atoms with van der Waals surface area (Å²) < 4.78 is 1.99. The molecule has 0 unspecified atom stereocenters. The van der Waals surface area contributed by atoms with Gasteiger partial charge in [-0.3, -0.25) is 14.5 Å².